The molecule has 10 nitrogen and oxygen atoms in total. The van der Waals surface area contributed by atoms with Crippen molar-refractivity contribution in [3.63, 3.8) is 0 Å². The van der Waals surface area contributed by atoms with Crippen molar-refractivity contribution in [3.8, 4) is 0 Å². The first kappa shape index (κ1) is 22.6. The van der Waals surface area contributed by atoms with Crippen LogP contribution in [0.4, 0.5) is 5.82 Å². The summed E-state index contributed by atoms with van der Waals surface area (Å²) in [6.45, 7) is 2.65. The molecule has 0 amide bonds. The SMILES string of the molecule is N=NS(=O)(=O)OC[C@@H]1CC[C@H](Nc2ncncc2C(=O)c2cc(CN3CC=CC3)cs2)C1. The summed E-state index contributed by atoms with van der Waals surface area (Å²) in [6, 6.07) is 1.96. The van der Waals surface area contributed by atoms with E-state index in [2.05, 4.69) is 36.9 Å². The smallest absolute Gasteiger partial charge is 0.367 e. The van der Waals surface area contributed by atoms with Crippen molar-refractivity contribution in [3.05, 3.63) is 52.1 Å². The van der Waals surface area contributed by atoms with Gasteiger partial charge in [0.2, 0.25) is 5.78 Å². The average molecular weight is 477 g/mol. The van der Waals surface area contributed by atoms with Crippen LogP contribution >= 0.6 is 11.3 Å². The van der Waals surface area contributed by atoms with E-state index in [0.29, 0.717) is 22.7 Å². The van der Waals surface area contributed by atoms with Crippen molar-refractivity contribution in [2.75, 3.05) is 25.0 Å². The zero-order chi connectivity index (χ0) is 22.6. The minimum atomic E-state index is -4.14. The predicted molar refractivity (Wildman–Crippen MR) is 119 cm³/mol. The highest BCUT2D eigenvalue weighted by molar-refractivity contribution is 7.85. The fraction of sp³-hybridized carbons (Fsp3) is 0.450. The lowest BCUT2D eigenvalue weighted by Crippen LogP contribution is -2.20. The minimum Gasteiger partial charge on any atom is -0.367 e. The quantitative estimate of drug-likeness (QED) is 0.303. The zero-order valence-electron chi connectivity index (χ0n) is 17.3. The fourth-order valence-corrected chi connectivity index (χ4v) is 5.26. The molecular weight excluding hydrogens is 452 g/mol. The molecule has 2 aliphatic rings. The van der Waals surface area contributed by atoms with Crippen LogP contribution in [0.1, 0.15) is 40.1 Å². The number of nitrogens with one attached hydrogen (secondary N) is 2. The summed E-state index contributed by atoms with van der Waals surface area (Å²) in [4.78, 5) is 24.4. The molecule has 4 rings (SSSR count). The van der Waals surface area contributed by atoms with Gasteiger partial charge in [-0.3, -0.25) is 13.9 Å². The predicted octanol–water partition coefficient (Wildman–Crippen LogP) is 3.01. The molecule has 1 aliphatic heterocycles. The molecular formula is C20H24N6O4S2. The normalized spacial score (nSPS) is 21.1. The number of hydrogen-bond acceptors (Lipinski definition) is 10. The topological polar surface area (TPSA) is 138 Å². The molecule has 0 unspecified atom stereocenters. The molecule has 2 aromatic heterocycles. The molecule has 170 valence electrons. The van der Waals surface area contributed by atoms with Gasteiger partial charge in [-0.05, 0) is 46.7 Å². The molecule has 1 aliphatic carbocycles. The van der Waals surface area contributed by atoms with Gasteiger partial charge in [0.15, 0.2) is 0 Å². The van der Waals surface area contributed by atoms with Crippen LogP contribution in [0.5, 0.6) is 0 Å². The third-order valence-corrected chi connectivity index (χ3v) is 7.22. The lowest BCUT2D eigenvalue weighted by Gasteiger charge is -2.15. The van der Waals surface area contributed by atoms with E-state index in [1.54, 1.807) is 0 Å². The molecule has 2 aromatic rings. The Balaban J connectivity index is 1.38. The first-order valence-corrected chi connectivity index (χ1v) is 12.5. The zero-order valence-corrected chi connectivity index (χ0v) is 18.9. The summed E-state index contributed by atoms with van der Waals surface area (Å²) in [5.41, 5.74) is 8.14. The Morgan fingerprint density at radius 2 is 2.16 bits per heavy atom. The van der Waals surface area contributed by atoms with Crippen LogP contribution in [0.25, 0.3) is 0 Å². The second-order valence-corrected chi connectivity index (χ2v) is 10.1. The largest absolute Gasteiger partial charge is 0.398 e. The third kappa shape index (κ3) is 5.63. The van der Waals surface area contributed by atoms with Gasteiger partial charge < -0.3 is 5.32 Å². The number of rotatable bonds is 10. The number of aromatic nitrogens is 2. The third-order valence-electron chi connectivity index (χ3n) is 5.58. The summed E-state index contributed by atoms with van der Waals surface area (Å²) in [5, 5.41) is 5.33. The highest BCUT2D eigenvalue weighted by Crippen LogP contribution is 2.30. The number of anilines is 1. The van der Waals surface area contributed by atoms with E-state index in [9.17, 15) is 13.2 Å². The van der Waals surface area contributed by atoms with E-state index < -0.39 is 10.3 Å². The van der Waals surface area contributed by atoms with Crippen molar-refractivity contribution in [2.45, 2.75) is 31.8 Å². The van der Waals surface area contributed by atoms with Gasteiger partial charge in [0.1, 0.15) is 12.1 Å². The highest BCUT2D eigenvalue weighted by Gasteiger charge is 2.28. The number of carbonyl (C=O) groups excluding carboxylic acids is 1. The standard InChI is InChI=1S/C20H24N6O4S2/c21-25-32(28,29)30-11-14-3-4-16(7-14)24-20-17(9-22-13-23-20)19(27)18-8-15(12-31-18)10-26-5-1-2-6-26/h1-2,8-9,12-14,16,21H,3-7,10-11H2,(H,22,23,24)/t14-,16+/m1/s1. The second kappa shape index (κ2) is 9.94. The van der Waals surface area contributed by atoms with Gasteiger partial charge in [-0.25, -0.2) is 9.97 Å². The van der Waals surface area contributed by atoms with E-state index in [0.717, 1.165) is 38.0 Å². The maximum atomic E-state index is 13.2. The Kier molecular flexibility index (Phi) is 7.04. The molecule has 0 saturated heterocycles. The lowest BCUT2D eigenvalue weighted by atomic mass is 10.1. The van der Waals surface area contributed by atoms with Crippen LogP contribution in [0.2, 0.25) is 0 Å². The molecule has 32 heavy (non-hydrogen) atoms. The maximum absolute atomic E-state index is 13.2. The molecule has 0 aromatic carbocycles. The van der Waals surface area contributed by atoms with Crippen molar-refractivity contribution in [1.29, 1.82) is 5.53 Å². The molecule has 2 N–H and O–H groups in total. The molecule has 2 atom stereocenters. The molecule has 1 saturated carbocycles. The average Bonchev–Trinajstić information content (AvgIpc) is 3.55. The highest BCUT2D eigenvalue weighted by atomic mass is 32.2. The van der Waals surface area contributed by atoms with E-state index in [1.807, 2.05) is 11.4 Å². The Bertz CT molecular complexity index is 1110. The van der Waals surface area contributed by atoms with Crippen LogP contribution in [0, 0.1) is 11.4 Å². The molecule has 12 heteroatoms. The number of thiophene rings is 1. The monoisotopic (exact) mass is 476 g/mol. The first-order chi connectivity index (χ1) is 15.4. The van der Waals surface area contributed by atoms with Gasteiger partial charge in [0.05, 0.1) is 17.0 Å². The maximum Gasteiger partial charge on any atom is 0.398 e. The Morgan fingerprint density at radius 3 is 2.94 bits per heavy atom. The van der Waals surface area contributed by atoms with Crippen molar-refractivity contribution < 1.29 is 17.4 Å². The summed E-state index contributed by atoms with van der Waals surface area (Å²) in [7, 11) is -4.14. The Labute approximate surface area is 190 Å². The van der Waals surface area contributed by atoms with E-state index in [1.165, 1.54) is 23.9 Å². The summed E-state index contributed by atoms with van der Waals surface area (Å²) in [5.74, 6) is 0.374. The minimum absolute atomic E-state index is 0.0109. The Hall–Kier alpha value is -2.54. The molecule has 0 radical (unpaired) electrons. The van der Waals surface area contributed by atoms with Crippen LogP contribution in [0.3, 0.4) is 0 Å². The molecule has 0 bridgehead atoms. The summed E-state index contributed by atoms with van der Waals surface area (Å²) in [6.07, 6.45) is 9.42. The first-order valence-electron chi connectivity index (χ1n) is 10.3. The van der Waals surface area contributed by atoms with Crippen LogP contribution in [-0.2, 0) is 21.0 Å². The van der Waals surface area contributed by atoms with Gasteiger partial charge in [-0.1, -0.05) is 12.2 Å². The fourth-order valence-electron chi connectivity index (χ4n) is 3.99. The van der Waals surface area contributed by atoms with Crippen molar-refractivity contribution in [2.24, 2.45) is 10.4 Å². The van der Waals surface area contributed by atoms with Gasteiger partial charge >= 0.3 is 10.3 Å². The number of hydrogen-bond donors (Lipinski definition) is 2. The van der Waals surface area contributed by atoms with Crippen LogP contribution < -0.4 is 5.32 Å². The second-order valence-electron chi connectivity index (χ2n) is 7.92. The van der Waals surface area contributed by atoms with E-state index in [4.69, 9.17) is 9.71 Å². The molecule has 3 heterocycles. The lowest BCUT2D eigenvalue weighted by molar-refractivity contribution is 0.104. The van der Waals surface area contributed by atoms with Crippen LogP contribution in [0.15, 0.2) is 40.6 Å². The van der Waals surface area contributed by atoms with Crippen LogP contribution in [-0.4, -0.2) is 54.8 Å². The van der Waals surface area contributed by atoms with Gasteiger partial charge in [-0.15, -0.1) is 11.3 Å². The van der Waals surface area contributed by atoms with Gasteiger partial charge in [-0.2, -0.15) is 13.9 Å². The van der Waals surface area contributed by atoms with E-state index >= 15 is 0 Å². The summed E-state index contributed by atoms with van der Waals surface area (Å²) < 4.78 is 29.7. The van der Waals surface area contributed by atoms with E-state index in [-0.39, 0.29) is 24.3 Å². The molecule has 1 fully saturated rings. The van der Waals surface area contributed by atoms with Crippen molar-refractivity contribution >= 4 is 33.2 Å². The number of nitrogens with zero attached hydrogens (tertiary/aromatic N) is 4. The number of carbonyl (C=O) groups is 1. The van der Waals surface area contributed by atoms with Gasteiger partial charge in [0, 0.05) is 31.9 Å². The number of ketones is 1. The summed E-state index contributed by atoms with van der Waals surface area (Å²) >= 11 is 1.42. The molecule has 0 spiro atoms. The van der Waals surface area contributed by atoms with Gasteiger partial charge in [0.25, 0.3) is 0 Å². The van der Waals surface area contributed by atoms with Crippen molar-refractivity contribution in [1.82, 2.24) is 14.9 Å². The Morgan fingerprint density at radius 1 is 1.34 bits per heavy atom.